The Bertz CT molecular complexity index is 849. The van der Waals surface area contributed by atoms with Crippen LogP contribution in [0, 0.1) is 28.6 Å². The number of carbonyl (C=O) groups is 4. The van der Waals surface area contributed by atoms with Crippen molar-refractivity contribution in [2.45, 2.75) is 59.3 Å². The second kappa shape index (κ2) is 11.0. The Morgan fingerprint density at radius 2 is 0.944 bits per heavy atom. The third-order valence-corrected chi connectivity index (χ3v) is 7.55. The molecule has 4 fully saturated rings. The number of esters is 4. The smallest absolute Gasteiger partial charge is 0.333 e. The van der Waals surface area contributed by atoms with Gasteiger partial charge in [0.1, 0.15) is 31.8 Å². The average Bonchev–Trinajstić information content (AvgIpc) is 2.81. The fourth-order valence-electron chi connectivity index (χ4n) is 6.01. The molecule has 0 atom stereocenters. The highest BCUT2D eigenvalue weighted by Crippen LogP contribution is 2.60. The number of ether oxygens (including phenoxy) is 4. The van der Waals surface area contributed by atoms with Crippen LogP contribution < -0.4 is 0 Å². The topological polar surface area (TPSA) is 105 Å². The third-order valence-electron chi connectivity index (χ3n) is 7.55. The number of hydrogen-bond donors (Lipinski definition) is 0. The molecule has 8 nitrogen and oxygen atoms in total. The van der Waals surface area contributed by atoms with Gasteiger partial charge in [0, 0.05) is 16.7 Å². The summed E-state index contributed by atoms with van der Waals surface area (Å²) in [6.07, 6.45) is 6.02. The largest absolute Gasteiger partial charge is 0.464 e. The number of rotatable bonds is 12. The minimum absolute atomic E-state index is 0.173. The van der Waals surface area contributed by atoms with Crippen molar-refractivity contribution in [3.8, 4) is 0 Å². The molecule has 0 aromatic carbocycles. The van der Waals surface area contributed by atoms with Crippen molar-refractivity contribution in [2.24, 2.45) is 28.6 Å². The fourth-order valence-corrected chi connectivity index (χ4v) is 6.01. The second-order valence-electron chi connectivity index (χ2n) is 11.3. The predicted molar refractivity (Wildman–Crippen MR) is 131 cm³/mol. The molecule has 36 heavy (non-hydrogen) atoms. The summed E-state index contributed by atoms with van der Waals surface area (Å²) in [7, 11) is 0. The van der Waals surface area contributed by atoms with Gasteiger partial charge in [-0.05, 0) is 77.0 Å². The first kappa shape index (κ1) is 27.7. The van der Waals surface area contributed by atoms with Crippen molar-refractivity contribution < 1.29 is 38.1 Å². The first-order valence-electron chi connectivity index (χ1n) is 12.5. The van der Waals surface area contributed by atoms with Crippen molar-refractivity contribution in [1.29, 1.82) is 0 Å². The Balaban J connectivity index is 1.80. The van der Waals surface area contributed by atoms with Crippen molar-refractivity contribution in [3.05, 3.63) is 36.5 Å². The van der Waals surface area contributed by atoms with Gasteiger partial charge < -0.3 is 18.9 Å². The molecule has 0 unspecified atom stereocenters. The molecule has 0 aliphatic heterocycles. The van der Waals surface area contributed by atoms with Crippen molar-refractivity contribution in [3.63, 3.8) is 0 Å². The van der Waals surface area contributed by atoms with Gasteiger partial charge in [-0.1, -0.05) is 19.7 Å². The lowest BCUT2D eigenvalue weighted by Crippen LogP contribution is -2.52. The van der Waals surface area contributed by atoms with E-state index in [2.05, 4.69) is 19.7 Å². The minimum Gasteiger partial charge on any atom is -0.464 e. The van der Waals surface area contributed by atoms with Crippen LogP contribution in [0.1, 0.15) is 59.3 Å². The minimum atomic E-state index is -1.32. The summed E-state index contributed by atoms with van der Waals surface area (Å²) in [5.41, 5.74) is -1.30. The Labute approximate surface area is 213 Å². The maximum Gasteiger partial charge on any atom is 0.333 e. The van der Waals surface area contributed by atoms with E-state index < -0.39 is 28.7 Å². The molecular weight excluding hydrogens is 464 g/mol. The van der Waals surface area contributed by atoms with Gasteiger partial charge in [-0.3, -0.25) is 4.79 Å². The highest BCUT2D eigenvalue weighted by Gasteiger charge is 2.56. The van der Waals surface area contributed by atoms with Crippen LogP contribution in [0.3, 0.4) is 0 Å². The maximum absolute atomic E-state index is 13.5. The van der Waals surface area contributed by atoms with E-state index in [0.717, 1.165) is 19.3 Å². The van der Waals surface area contributed by atoms with E-state index in [1.165, 1.54) is 40.0 Å². The van der Waals surface area contributed by atoms with E-state index in [-0.39, 0.29) is 49.1 Å². The van der Waals surface area contributed by atoms with E-state index in [1.807, 2.05) is 0 Å². The molecule has 198 valence electrons. The van der Waals surface area contributed by atoms with Crippen LogP contribution in [0.5, 0.6) is 0 Å². The molecule has 0 spiro atoms. The monoisotopic (exact) mass is 502 g/mol. The molecule has 4 saturated carbocycles. The maximum atomic E-state index is 13.5. The summed E-state index contributed by atoms with van der Waals surface area (Å²) in [6, 6.07) is 0. The van der Waals surface area contributed by atoms with Gasteiger partial charge in [0.2, 0.25) is 0 Å². The van der Waals surface area contributed by atoms with Gasteiger partial charge in [0.05, 0.1) is 5.41 Å². The van der Waals surface area contributed by atoms with Gasteiger partial charge in [0.25, 0.3) is 0 Å². The van der Waals surface area contributed by atoms with E-state index >= 15 is 0 Å². The summed E-state index contributed by atoms with van der Waals surface area (Å²) in [4.78, 5) is 50.0. The molecular formula is C28H38O8. The molecule has 4 rings (SSSR count). The second-order valence-corrected chi connectivity index (χ2v) is 11.3. The van der Waals surface area contributed by atoms with Gasteiger partial charge in [-0.2, -0.15) is 0 Å². The van der Waals surface area contributed by atoms with Crippen LogP contribution in [0.15, 0.2) is 36.5 Å². The normalized spacial score (nSPS) is 26.0. The summed E-state index contributed by atoms with van der Waals surface area (Å²) in [6.45, 7) is 14.0. The number of hydrogen-bond acceptors (Lipinski definition) is 8. The predicted octanol–water partition coefficient (Wildman–Crippen LogP) is 4.09. The molecule has 4 aliphatic carbocycles. The quantitative estimate of drug-likeness (QED) is 0.223. The van der Waals surface area contributed by atoms with E-state index in [1.54, 1.807) is 0 Å². The SMILES string of the molecule is C=C(C)C(=O)OCC(COC(=O)C(=C)C)(COC(=O)C(=C)C)COC(=O)C12CC3CC(CC(C3)C1)C2. The highest BCUT2D eigenvalue weighted by molar-refractivity contribution is 5.88. The lowest BCUT2D eigenvalue weighted by molar-refractivity contribution is -0.182. The van der Waals surface area contributed by atoms with Gasteiger partial charge in [-0.25, -0.2) is 14.4 Å². The standard InChI is InChI=1S/C28H38O8/c1-17(2)23(29)33-13-27(14-34-24(30)18(3)4,15-35-25(31)19(5)6)16-36-26(32)28-10-20-7-21(11-28)9-22(8-20)12-28/h20-22H,1,3,5,7-16H2,2,4,6H3. The Morgan fingerprint density at radius 3 is 1.25 bits per heavy atom. The van der Waals surface area contributed by atoms with Crippen LogP contribution in [0.4, 0.5) is 0 Å². The first-order chi connectivity index (χ1) is 16.8. The zero-order valence-electron chi connectivity index (χ0n) is 21.7. The molecule has 0 heterocycles. The lowest BCUT2D eigenvalue weighted by Gasteiger charge is -2.55. The molecule has 8 heteroatoms. The van der Waals surface area contributed by atoms with E-state index in [0.29, 0.717) is 17.8 Å². The lowest BCUT2D eigenvalue weighted by atomic mass is 9.49. The van der Waals surface area contributed by atoms with Gasteiger partial charge in [0.15, 0.2) is 0 Å². The van der Waals surface area contributed by atoms with Crippen LogP contribution in [-0.2, 0) is 38.1 Å². The molecule has 0 saturated heterocycles. The highest BCUT2D eigenvalue weighted by atomic mass is 16.6. The molecule has 0 radical (unpaired) electrons. The van der Waals surface area contributed by atoms with Crippen LogP contribution in [0.2, 0.25) is 0 Å². The first-order valence-corrected chi connectivity index (χ1v) is 12.5. The van der Waals surface area contributed by atoms with E-state index in [9.17, 15) is 19.2 Å². The molecule has 0 aromatic rings. The molecule has 0 amide bonds. The van der Waals surface area contributed by atoms with Gasteiger partial charge >= 0.3 is 23.9 Å². The van der Waals surface area contributed by atoms with Crippen molar-refractivity contribution in [1.82, 2.24) is 0 Å². The third kappa shape index (κ3) is 6.45. The Kier molecular flexibility index (Phi) is 8.47. The zero-order chi connectivity index (χ0) is 26.7. The van der Waals surface area contributed by atoms with E-state index in [4.69, 9.17) is 18.9 Å². The molecule has 4 aliphatic rings. The average molecular weight is 503 g/mol. The summed E-state index contributed by atoms with van der Waals surface area (Å²) < 4.78 is 22.0. The summed E-state index contributed by atoms with van der Waals surface area (Å²) in [5, 5.41) is 0. The van der Waals surface area contributed by atoms with Gasteiger partial charge in [-0.15, -0.1) is 0 Å². The van der Waals surface area contributed by atoms with Crippen molar-refractivity contribution in [2.75, 3.05) is 26.4 Å². The molecule has 4 bridgehead atoms. The zero-order valence-corrected chi connectivity index (χ0v) is 21.7. The summed E-state index contributed by atoms with van der Waals surface area (Å²) in [5.74, 6) is -0.609. The summed E-state index contributed by atoms with van der Waals surface area (Å²) >= 11 is 0. The van der Waals surface area contributed by atoms with Crippen LogP contribution in [-0.4, -0.2) is 50.3 Å². The Hall–Kier alpha value is -2.90. The van der Waals surface area contributed by atoms with Crippen molar-refractivity contribution >= 4 is 23.9 Å². The molecule has 0 N–H and O–H groups in total. The van der Waals surface area contributed by atoms with Crippen LogP contribution in [0.25, 0.3) is 0 Å². The number of carbonyl (C=O) groups excluding carboxylic acids is 4. The Morgan fingerprint density at radius 1 is 0.639 bits per heavy atom. The molecule has 0 aromatic heterocycles. The fraction of sp³-hybridized carbons (Fsp3) is 0.643. The van der Waals surface area contributed by atoms with Crippen LogP contribution >= 0.6 is 0 Å².